The van der Waals surface area contributed by atoms with Gasteiger partial charge in [0.15, 0.2) is 0 Å². The van der Waals surface area contributed by atoms with Crippen LogP contribution in [0.1, 0.15) is 90.4 Å². The molecule has 0 bridgehead atoms. The molecular formula is C24H38S. The van der Waals surface area contributed by atoms with E-state index in [4.69, 9.17) is 0 Å². The lowest BCUT2D eigenvalue weighted by molar-refractivity contribution is 0.164. The molecule has 2 saturated carbocycles. The molecule has 140 valence electrons. The average Bonchev–Trinajstić information content (AvgIpc) is 2.67. The van der Waals surface area contributed by atoms with Gasteiger partial charge in [0.05, 0.1) is 0 Å². The highest BCUT2D eigenvalue weighted by molar-refractivity contribution is 8.00. The summed E-state index contributed by atoms with van der Waals surface area (Å²) < 4.78 is 0. The highest BCUT2D eigenvalue weighted by Gasteiger charge is 2.30. The smallest absolute Gasteiger partial charge is 0.00946 e. The van der Waals surface area contributed by atoms with Crippen LogP contribution in [0.2, 0.25) is 0 Å². The van der Waals surface area contributed by atoms with Gasteiger partial charge >= 0.3 is 0 Å². The van der Waals surface area contributed by atoms with Gasteiger partial charge in [0, 0.05) is 10.1 Å². The van der Waals surface area contributed by atoms with Crippen LogP contribution in [0, 0.1) is 17.8 Å². The van der Waals surface area contributed by atoms with Gasteiger partial charge in [-0.15, -0.1) is 11.8 Å². The number of thioether (sulfide) groups is 1. The van der Waals surface area contributed by atoms with Crippen molar-refractivity contribution in [3.63, 3.8) is 0 Å². The molecule has 0 amide bonds. The fraction of sp³-hybridized carbons (Fsp3) is 0.750. The number of hydrogen-bond donors (Lipinski definition) is 0. The monoisotopic (exact) mass is 358 g/mol. The first-order valence-corrected chi connectivity index (χ1v) is 11.9. The molecule has 2 aliphatic carbocycles. The molecule has 0 aliphatic heterocycles. The quantitative estimate of drug-likeness (QED) is 0.423. The number of benzene rings is 1. The van der Waals surface area contributed by atoms with Gasteiger partial charge in [-0.05, 0) is 68.4 Å². The summed E-state index contributed by atoms with van der Waals surface area (Å²) in [6.45, 7) is 2.32. The SMILES string of the molecule is CCCCCCC1CCC(C2CCC(Sc3ccccc3)CC2)CC1. The molecule has 3 rings (SSSR count). The summed E-state index contributed by atoms with van der Waals surface area (Å²) in [6, 6.07) is 11.0. The van der Waals surface area contributed by atoms with Gasteiger partial charge in [-0.3, -0.25) is 0 Å². The predicted octanol–water partition coefficient (Wildman–Crippen LogP) is 8.11. The summed E-state index contributed by atoms with van der Waals surface area (Å²) >= 11 is 2.13. The van der Waals surface area contributed by atoms with E-state index >= 15 is 0 Å². The molecule has 0 heterocycles. The molecule has 0 radical (unpaired) electrons. The Labute approximate surface area is 160 Å². The van der Waals surface area contributed by atoms with Gasteiger partial charge in [-0.1, -0.05) is 70.1 Å². The van der Waals surface area contributed by atoms with E-state index in [0.717, 1.165) is 23.0 Å². The zero-order valence-corrected chi connectivity index (χ0v) is 17.1. The van der Waals surface area contributed by atoms with Crippen molar-refractivity contribution in [3.05, 3.63) is 30.3 Å². The fourth-order valence-corrected chi connectivity index (χ4v) is 6.38. The Bertz CT molecular complexity index is 452. The van der Waals surface area contributed by atoms with Gasteiger partial charge in [0.2, 0.25) is 0 Å². The van der Waals surface area contributed by atoms with Crippen molar-refractivity contribution >= 4 is 11.8 Å². The third kappa shape index (κ3) is 6.35. The number of unbranched alkanes of at least 4 members (excludes halogenated alkanes) is 3. The number of hydrogen-bond acceptors (Lipinski definition) is 1. The molecule has 2 aliphatic rings. The topological polar surface area (TPSA) is 0 Å². The van der Waals surface area contributed by atoms with Crippen LogP contribution in [0.3, 0.4) is 0 Å². The molecular weight excluding hydrogens is 320 g/mol. The Morgan fingerprint density at radius 1 is 0.760 bits per heavy atom. The Kier molecular flexibility index (Phi) is 8.24. The van der Waals surface area contributed by atoms with E-state index in [1.54, 1.807) is 12.8 Å². The fourth-order valence-electron chi connectivity index (χ4n) is 5.18. The number of rotatable bonds is 8. The second kappa shape index (κ2) is 10.7. The van der Waals surface area contributed by atoms with Crippen molar-refractivity contribution in [1.82, 2.24) is 0 Å². The predicted molar refractivity (Wildman–Crippen MR) is 112 cm³/mol. The Morgan fingerprint density at radius 2 is 1.40 bits per heavy atom. The van der Waals surface area contributed by atoms with E-state index in [9.17, 15) is 0 Å². The van der Waals surface area contributed by atoms with Gasteiger partial charge in [0.25, 0.3) is 0 Å². The Hall–Kier alpha value is -0.430. The highest BCUT2D eigenvalue weighted by Crippen LogP contribution is 2.44. The highest BCUT2D eigenvalue weighted by atomic mass is 32.2. The molecule has 25 heavy (non-hydrogen) atoms. The minimum Gasteiger partial charge on any atom is -0.123 e. The molecule has 0 aromatic heterocycles. The first-order chi connectivity index (χ1) is 12.3. The van der Waals surface area contributed by atoms with Crippen molar-refractivity contribution in [2.75, 3.05) is 0 Å². The Balaban J connectivity index is 1.32. The van der Waals surface area contributed by atoms with Crippen molar-refractivity contribution in [2.24, 2.45) is 17.8 Å². The van der Waals surface area contributed by atoms with Gasteiger partial charge in [-0.2, -0.15) is 0 Å². The molecule has 0 N–H and O–H groups in total. The van der Waals surface area contributed by atoms with Crippen LogP contribution >= 0.6 is 11.8 Å². The minimum atomic E-state index is 0.869. The summed E-state index contributed by atoms with van der Waals surface area (Å²) in [6.07, 6.45) is 19.3. The Morgan fingerprint density at radius 3 is 2.04 bits per heavy atom. The summed E-state index contributed by atoms with van der Waals surface area (Å²) in [7, 11) is 0. The molecule has 0 unspecified atom stereocenters. The molecule has 0 atom stereocenters. The van der Waals surface area contributed by atoms with Crippen LogP contribution in [-0.4, -0.2) is 5.25 Å². The molecule has 1 aromatic rings. The lowest BCUT2D eigenvalue weighted by Crippen LogP contribution is -2.26. The van der Waals surface area contributed by atoms with E-state index in [1.165, 1.54) is 75.5 Å². The molecule has 0 saturated heterocycles. The maximum absolute atomic E-state index is 2.32. The van der Waals surface area contributed by atoms with Gasteiger partial charge in [-0.25, -0.2) is 0 Å². The largest absolute Gasteiger partial charge is 0.123 e. The van der Waals surface area contributed by atoms with E-state index < -0.39 is 0 Å². The molecule has 2 fully saturated rings. The lowest BCUT2D eigenvalue weighted by Gasteiger charge is -2.37. The zero-order chi connectivity index (χ0) is 17.3. The van der Waals surface area contributed by atoms with E-state index in [-0.39, 0.29) is 0 Å². The second-order valence-electron chi connectivity index (χ2n) is 8.60. The molecule has 1 heteroatoms. The van der Waals surface area contributed by atoms with Gasteiger partial charge < -0.3 is 0 Å². The molecule has 0 spiro atoms. The van der Waals surface area contributed by atoms with Crippen LogP contribution in [0.5, 0.6) is 0 Å². The van der Waals surface area contributed by atoms with Crippen molar-refractivity contribution in [1.29, 1.82) is 0 Å². The average molecular weight is 359 g/mol. The van der Waals surface area contributed by atoms with E-state index in [0.29, 0.717) is 0 Å². The maximum atomic E-state index is 2.32. The standard InChI is InChI=1S/C24H38S/c1-2-3-4-6-9-20-12-14-21(15-13-20)22-16-18-24(19-17-22)25-23-10-7-5-8-11-23/h5,7-8,10-11,20-22,24H,2-4,6,9,12-19H2,1H3. The summed E-state index contributed by atoms with van der Waals surface area (Å²) in [4.78, 5) is 1.47. The first-order valence-electron chi connectivity index (χ1n) is 11.1. The maximum Gasteiger partial charge on any atom is 0.00946 e. The lowest BCUT2D eigenvalue weighted by atomic mass is 9.70. The zero-order valence-electron chi connectivity index (χ0n) is 16.3. The van der Waals surface area contributed by atoms with Crippen molar-refractivity contribution < 1.29 is 0 Å². The second-order valence-corrected chi connectivity index (χ2v) is 9.97. The van der Waals surface area contributed by atoms with Crippen LogP contribution in [-0.2, 0) is 0 Å². The van der Waals surface area contributed by atoms with E-state index in [1.807, 2.05) is 0 Å². The van der Waals surface area contributed by atoms with Crippen LogP contribution < -0.4 is 0 Å². The summed E-state index contributed by atoms with van der Waals surface area (Å²) in [5.41, 5.74) is 0. The van der Waals surface area contributed by atoms with Crippen molar-refractivity contribution in [3.8, 4) is 0 Å². The first kappa shape index (κ1) is 19.3. The molecule has 0 nitrogen and oxygen atoms in total. The molecule has 1 aromatic carbocycles. The third-order valence-corrected chi connectivity index (χ3v) is 8.14. The van der Waals surface area contributed by atoms with E-state index in [2.05, 4.69) is 49.0 Å². The minimum absolute atomic E-state index is 0.869. The summed E-state index contributed by atoms with van der Waals surface area (Å²) in [5.74, 6) is 3.18. The normalized spacial score (nSPS) is 30.3. The van der Waals surface area contributed by atoms with Crippen LogP contribution in [0.25, 0.3) is 0 Å². The van der Waals surface area contributed by atoms with Crippen LogP contribution in [0.4, 0.5) is 0 Å². The van der Waals surface area contributed by atoms with Crippen molar-refractivity contribution in [2.45, 2.75) is 101 Å². The van der Waals surface area contributed by atoms with Crippen LogP contribution in [0.15, 0.2) is 35.2 Å². The third-order valence-electron chi connectivity index (χ3n) is 6.79. The van der Waals surface area contributed by atoms with Gasteiger partial charge in [0.1, 0.15) is 0 Å². The summed E-state index contributed by atoms with van der Waals surface area (Å²) in [5, 5.41) is 0.869.